The number of allylic oxidation sites excluding steroid dienone is 2. The van der Waals surface area contributed by atoms with E-state index in [-0.39, 0.29) is 0 Å². The molecule has 0 saturated heterocycles. The van der Waals surface area contributed by atoms with E-state index in [1.165, 1.54) is 32.1 Å². The molecule has 3 aliphatic rings. The summed E-state index contributed by atoms with van der Waals surface area (Å²) < 4.78 is 0. The van der Waals surface area contributed by atoms with Crippen molar-refractivity contribution in [2.75, 3.05) is 0 Å². The van der Waals surface area contributed by atoms with Crippen LogP contribution in [0, 0.1) is 11.8 Å². The summed E-state index contributed by atoms with van der Waals surface area (Å²) in [6.07, 6.45) is 7.45. The van der Waals surface area contributed by atoms with Gasteiger partial charge in [-0.2, -0.15) is 0 Å². The van der Waals surface area contributed by atoms with Crippen molar-refractivity contribution in [1.82, 2.24) is 0 Å². The second-order valence-corrected chi connectivity index (χ2v) is 4.45. The monoisotopic (exact) mass is 150 g/mol. The van der Waals surface area contributed by atoms with Gasteiger partial charge in [-0.05, 0) is 57.8 Å². The lowest BCUT2D eigenvalue weighted by molar-refractivity contribution is 0.237. The third kappa shape index (κ3) is 1.23. The van der Waals surface area contributed by atoms with Crippen LogP contribution in [0.3, 0.4) is 0 Å². The molecular formula is C11H18. The van der Waals surface area contributed by atoms with Crippen LogP contribution >= 0.6 is 0 Å². The Morgan fingerprint density at radius 1 is 1.09 bits per heavy atom. The van der Waals surface area contributed by atoms with Gasteiger partial charge in [0.1, 0.15) is 0 Å². The van der Waals surface area contributed by atoms with Gasteiger partial charge in [-0.1, -0.05) is 11.1 Å². The Bertz CT molecular complexity index is 176. The first-order chi connectivity index (χ1) is 5.27. The van der Waals surface area contributed by atoms with Gasteiger partial charge in [0.05, 0.1) is 0 Å². The molecule has 0 heteroatoms. The van der Waals surface area contributed by atoms with Crippen LogP contribution in [0.4, 0.5) is 0 Å². The van der Waals surface area contributed by atoms with E-state index in [1.807, 2.05) is 5.57 Å². The molecule has 0 atom stereocenters. The van der Waals surface area contributed by atoms with Crippen molar-refractivity contribution in [2.45, 2.75) is 46.0 Å². The molecule has 0 nitrogen and oxygen atoms in total. The van der Waals surface area contributed by atoms with Gasteiger partial charge in [-0.3, -0.25) is 0 Å². The summed E-state index contributed by atoms with van der Waals surface area (Å²) in [5.74, 6) is 2.05. The second-order valence-electron chi connectivity index (χ2n) is 4.45. The Labute approximate surface area is 69.7 Å². The molecule has 3 fully saturated rings. The highest BCUT2D eigenvalue weighted by Gasteiger charge is 2.31. The number of hydrogen-bond donors (Lipinski definition) is 0. The van der Waals surface area contributed by atoms with Crippen LogP contribution in [0.5, 0.6) is 0 Å². The van der Waals surface area contributed by atoms with Crippen LogP contribution in [0.25, 0.3) is 0 Å². The predicted molar refractivity (Wildman–Crippen MR) is 48.4 cm³/mol. The molecule has 0 spiro atoms. The third-order valence-corrected chi connectivity index (χ3v) is 3.49. The van der Waals surface area contributed by atoms with Crippen LogP contribution < -0.4 is 0 Å². The van der Waals surface area contributed by atoms with Gasteiger partial charge in [0, 0.05) is 0 Å². The highest BCUT2D eigenvalue weighted by Crippen LogP contribution is 2.45. The first-order valence-electron chi connectivity index (χ1n) is 4.93. The molecule has 0 heterocycles. The molecule has 11 heavy (non-hydrogen) atoms. The third-order valence-electron chi connectivity index (χ3n) is 3.49. The zero-order chi connectivity index (χ0) is 7.84. The maximum absolute atomic E-state index is 2.29. The Hall–Kier alpha value is -0.260. The fraction of sp³-hybridized carbons (Fsp3) is 0.818. The lowest BCUT2D eigenvalue weighted by atomic mass is 9.67. The summed E-state index contributed by atoms with van der Waals surface area (Å²) in [7, 11) is 0. The summed E-state index contributed by atoms with van der Waals surface area (Å²) in [6.45, 7) is 4.58. The minimum absolute atomic E-state index is 0.991. The van der Waals surface area contributed by atoms with Gasteiger partial charge < -0.3 is 0 Å². The summed E-state index contributed by atoms with van der Waals surface area (Å²) >= 11 is 0. The summed E-state index contributed by atoms with van der Waals surface area (Å²) in [6, 6.07) is 0. The molecule has 0 unspecified atom stereocenters. The molecule has 0 aromatic rings. The van der Waals surface area contributed by atoms with Gasteiger partial charge >= 0.3 is 0 Å². The Balaban J connectivity index is 2.21. The summed E-state index contributed by atoms with van der Waals surface area (Å²) in [5.41, 5.74) is 3.42. The zero-order valence-electron chi connectivity index (χ0n) is 7.69. The minimum Gasteiger partial charge on any atom is -0.0769 e. The topological polar surface area (TPSA) is 0 Å². The largest absolute Gasteiger partial charge is 0.0769 e. The van der Waals surface area contributed by atoms with Crippen molar-refractivity contribution in [3.63, 3.8) is 0 Å². The molecular weight excluding hydrogens is 132 g/mol. The minimum atomic E-state index is 0.991. The lowest BCUT2D eigenvalue weighted by Crippen LogP contribution is -2.25. The highest BCUT2D eigenvalue weighted by atomic mass is 14.4. The second kappa shape index (κ2) is 2.66. The summed E-state index contributed by atoms with van der Waals surface area (Å²) in [5, 5.41) is 0. The molecule has 0 N–H and O–H groups in total. The van der Waals surface area contributed by atoms with Crippen LogP contribution in [-0.4, -0.2) is 0 Å². The van der Waals surface area contributed by atoms with Gasteiger partial charge in [0.2, 0.25) is 0 Å². The molecule has 3 saturated carbocycles. The molecule has 3 rings (SSSR count). The number of hydrogen-bond acceptors (Lipinski definition) is 0. The van der Waals surface area contributed by atoms with Crippen LogP contribution in [0.2, 0.25) is 0 Å². The van der Waals surface area contributed by atoms with Gasteiger partial charge in [-0.15, -0.1) is 0 Å². The van der Waals surface area contributed by atoms with Crippen molar-refractivity contribution in [2.24, 2.45) is 11.8 Å². The van der Waals surface area contributed by atoms with Gasteiger partial charge in [-0.25, -0.2) is 0 Å². The van der Waals surface area contributed by atoms with E-state index in [1.54, 1.807) is 5.57 Å². The number of fused-ring (bicyclic) bond motifs is 3. The van der Waals surface area contributed by atoms with E-state index in [0.29, 0.717) is 0 Å². The molecule has 0 aliphatic heterocycles. The average molecular weight is 150 g/mol. The molecule has 3 aliphatic carbocycles. The lowest BCUT2D eigenvalue weighted by Gasteiger charge is -2.39. The van der Waals surface area contributed by atoms with E-state index in [4.69, 9.17) is 0 Å². The Kier molecular flexibility index (Phi) is 1.78. The highest BCUT2D eigenvalue weighted by molar-refractivity contribution is 5.18. The van der Waals surface area contributed by atoms with E-state index < -0.39 is 0 Å². The normalized spacial score (nSPS) is 36.0. The van der Waals surface area contributed by atoms with E-state index in [0.717, 1.165) is 11.8 Å². The van der Waals surface area contributed by atoms with Crippen molar-refractivity contribution >= 4 is 0 Å². The Morgan fingerprint density at radius 2 is 1.73 bits per heavy atom. The fourth-order valence-electron chi connectivity index (χ4n) is 2.81. The van der Waals surface area contributed by atoms with Crippen molar-refractivity contribution in [3.05, 3.63) is 11.1 Å². The average Bonchev–Trinajstić information content (AvgIpc) is 2.06. The fourth-order valence-corrected chi connectivity index (χ4v) is 2.81. The van der Waals surface area contributed by atoms with Crippen molar-refractivity contribution in [1.29, 1.82) is 0 Å². The SMILES string of the molecule is CC(C)=C1CC2CCC1CC2. The van der Waals surface area contributed by atoms with Crippen LogP contribution in [-0.2, 0) is 0 Å². The molecule has 62 valence electrons. The zero-order valence-corrected chi connectivity index (χ0v) is 7.69. The van der Waals surface area contributed by atoms with E-state index in [2.05, 4.69) is 13.8 Å². The first kappa shape index (κ1) is 7.39. The molecule has 0 aromatic carbocycles. The molecule has 0 radical (unpaired) electrons. The van der Waals surface area contributed by atoms with Crippen molar-refractivity contribution < 1.29 is 0 Å². The van der Waals surface area contributed by atoms with E-state index in [9.17, 15) is 0 Å². The smallest absolute Gasteiger partial charge is 0.0200 e. The maximum atomic E-state index is 2.29. The van der Waals surface area contributed by atoms with Gasteiger partial charge in [0.15, 0.2) is 0 Å². The number of rotatable bonds is 0. The molecule has 0 aromatic heterocycles. The first-order valence-corrected chi connectivity index (χ1v) is 4.93. The standard InChI is InChI=1S/C11H18/c1-8(2)11-7-9-3-5-10(11)6-4-9/h9-10H,3-7H2,1-2H3. The quantitative estimate of drug-likeness (QED) is 0.463. The Morgan fingerprint density at radius 3 is 2.00 bits per heavy atom. The van der Waals surface area contributed by atoms with Crippen molar-refractivity contribution in [3.8, 4) is 0 Å². The predicted octanol–water partition coefficient (Wildman–Crippen LogP) is 3.53. The maximum Gasteiger partial charge on any atom is -0.0200 e. The van der Waals surface area contributed by atoms with E-state index >= 15 is 0 Å². The van der Waals surface area contributed by atoms with Gasteiger partial charge in [0.25, 0.3) is 0 Å². The molecule has 2 bridgehead atoms. The summed E-state index contributed by atoms with van der Waals surface area (Å²) in [4.78, 5) is 0. The van der Waals surface area contributed by atoms with Crippen LogP contribution in [0.15, 0.2) is 11.1 Å². The molecule has 0 amide bonds. The van der Waals surface area contributed by atoms with Crippen LogP contribution in [0.1, 0.15) is 46.0 Å².